The van der Waals surface area contributed by atoms with Gasteiger partial charge in [-0.3, -0.25) is 9.59 Å². The molecule has 2 aromatic rings. The second-order valence-electron chi connectivity index (χ2n) is 7.03. The number of carbonyl (C=O) groups is 2. The van der Waals surface area contributed by atoms with Crippen molar-refractivity contribution in [2.45, 2.75) is 39.2 Å². The highest BCUT2D eigenvalue weighted by atomic mass is 16.2. The molecule has 5 heteroatoms. The lowest BCUT2D eigenvalue weighted by Gasteiger charge is -2.23. The highest BCUT2D eigenvalue weighted by Gasteiger charge is 2.25. The Morgan fingerprint density at radius 1 is 1.04 bits per heavy atom. The van der Waals surface area contributed by atoms with Crippen LogP contribution in [0.15, 0.2) is 53.5 Å². The number of hydrogen-bond acceptors (Lipinski definition) is 4. The van der Waals surface area contributed by atoms with E-state index in [1.54, 1.807) is 0 Å². The monoisotopic (exact) mass is 377 g/mol. The highest BCUT2D eigenvalue weighted by molar-refractivity contribution is 6.50. The van der Waals surface area contributed by atoms with Gasteiger partial charge >= 0.3 is 0 Å². The molecule has 1 aliphatic rings. The molecule has 1 heterocycles. The summed E-state index contributed by atoms with van der Waals surface area (Å²) in [5.41, 5.74) is 10.2. The first kappa shape index (κ1) is 20.0. The SMILES string of the molecule is CCc1cccc(CN(CCCN)C(=O)CCC(=O)C2=Nc3ccccc32)c1. The molecule has 0 fully saturated rings. The summed E-state index contributed by atoms with van der Waals surface area (Å²) in [6.45, 7) is 3.79. The smallest absolute Gasteiger partial charge is 0.223 e. The van der Waals surface area contributed by atoms with Crippen LogP contribution in [0.25, 0.3) is 0 Å². The molecule has 0 aliphatic carbocycles. The largest absolute Gasteiger partial charge is 0.338 e. The van der Waals surface area contributed by atoms with E-state index in [1.807, 2.05) is 41.3 Å². The van der Waals surface area contributed by atoms with Gasteiger partial charge in [-0.1, -0.05) is 49.4 Å². The highest BCUT2D eigenvalue weighted by Crippen LogP contribution is 2.30. The molecule has 0 atom stereocenters. The van der Waals surface area contributed by atoms with Crippen molar-refractivity contribution < 1.29 is 9.59 Å². The Hall–Kier alpha value is -2.79. The number of aryl methyl sites for hydroxylation is 1. The number of amides is 1. The number of ketones is 1. The second-order valence-corrected chi connectivity index (χ2v) is 7.03. The quantitative estimate of drug-likeness (QED) is 0.689. The van der Waals surface area contributed by atoms with Crippen LogP contribution < -0.4 is 5.73 Å². The van der Waals surface area contributed by atoms with Crippen molar-refractivity contribution in [2.24, 2.45) is 10.7 Å². The molecular weight excluding hydrogens is 350 g/mol. The van der Waals surface area contributed by atoms with E-state index in [0.717, 1.165) is 29.7 Å². The number of nitrogens with two attached hydrogens (primary N) is 1. The minimum Gasteiger partial charge on any atom is -0.338 e. The number of aliphatic imine (C=N–C) groups is 1. The van der Waals surface area contributed by atoms with Crippen LogP contribution >= 0.6 is 0 Å². The number of para-hydroxylation sites is 1. The third-order valence-electron chi connectivity index (χ3n) is 4.98. The maximum atomic E-state index is 12.8. The molecule has 2 aromatic carbocycles. The molecule has 1 amide bonds. The molecular formula is C23H27N3O2. The van der Waals surface area contributed by atoms with Crippen LogP contribution in [0.1, 0.15) is 42.9 Å². The van der Waals surface area contributed by atoms with Crippen molar-refractivity contribution in [1.29, 1.82) is 0 Å². The van der Waals surface area contributed by atoms with Crippen LogP contribution in [0.2, 0.25) is 0 Å². The van der Waals surface area contributed by atoms with Crippen LogP contribution in [0, 0.1) is 0 Å². The van der Waals surface area contributed by atoms with Crippen molar-refractivity contribution >= 4 is 23.1 Å². The van der Waals surface area contributed by atoms with Gasteiger partial charge in [0.15, 0.2) is 5.78 Å². The topological polar surface area (TPSA) is 75.8 Å². The third-order valence-corrected chi connectivity index (χ3v) is 4.98. The maximum Gasteiger partial charge on any atom is 0.223 e. The van der Waals surface area contributed by atoms with Gasteiger partial charge in [0.05, 0.1) is 5.69 Å². The molecule has 0 saturated carbocycles. The van der Waals surface area contributed by atoms with Crippen molar-refractivity contribution in [3.05, 3.63) is 65.2 Å². The number of benzene rings is 2. The molecule has 0 aromatic heterocycles. The van der Waals surface area contributed by atoms with Crippen LogP contribution in [0.3, 0.4) is 0 Å². The van der Waals surface area contributed by atoms with E-state index in [0.29, 0.717) is 25.3 Å². The summed E-state index contributed by atoms with van der Waals surface area (Å²) in [5, 5.41) is 0. The molecule has 5 nitrogen and oxygen atoms in total. The Morgan fingerprint density at radius 2 is 1.82 bits per heavy atom. The molecule has 1 aliphatic heterocycles. The average molecular weight is 377 g/mol. The van der Waals surface area contributed by atoms with Crippen molar-refractivity contribution in [1.82, 2.24) is 4.90 Å². The van der Waals surface area contributed by atoms with E-state index >= 15 is 0 Å². The molecule has 3 rings (SSSR count). The molecule has 0 bridgehead atoms. The maximum absolute atomic E-state index is 12.8. The lowest BCUT2D eigenvalue weighted by molar-refractivity contribution is -0.133. The van der Waals surface area contributed by atoms with E-state index in [9.17, 15) is 9.59 Å². The summed E-state index contributed by atoms with van der Waals surface area (Å²) in [6, 6.07) is 15.9. The van der Waals surface area contributed by atoms with Gasteiger partial charge in [-0.05, 0) is 36.6 Å². The van der Waals surface area contributed by atoms with Gasteiger partial charge in [0.1, 0.15) is 5.71 Å². The number of carbonyl (C=O) groups excluding carboxylic acids is 2. The summed E-state index contributed by atoms with van der Waals surface area (Å²) in [7, 11) is 0. The normalized spacial score (nSPS) is 12.0. The average Bonchev–Trinajstić information content (AvgIpc) is 2.70. The minimum absolute atomic E-state index is 0.0167. The van der Waals surface area contributed by atoms with Gasteiger partial charge in [0, 0.05) is 31.5 Å². The molecule has 0 spiro atoms. The van der Waals surface area contributed by atoms with Gasteiger partial charge in [0.2, 0.25) is 5.91 Å². The zero-order chi connectivity index (χ0) is 19.9. The molecule has 2 N–H and O–H groups in total. The van der Waals surface area contributed by atoms with E-state index in [4.69, 9.17) is 5.73 Å². The van der Waals surface area contributed by atoms with E-state index in [1.165, 1.54) is 5.56 Å². The second kappa shape index (κ2) is 9.42. The van der Waals surface area contributed by atoms with Crippen LogP contribution in [0.5, 0.6) is 0 Å². The first-order valence-electron chi connectivity index (χ1n) is 9.89. The summed E-state index contributed by atoms with van der Waals surface area (Å²) in [6.07, 6.45) is 2.08. The lowest BCUT2D eigenvalue weighted by Crippen LogP contribution is -2.33. The third kappa shape index (κ3) is 4.73. The number of hydrogen-bond donors (Lipinski definition) is 1. The zero-order valence-electron chi connectivity index (χ0n) is 16.4. The lowest BCUT2D eigenvalue weighted by atomic mass is 9.96. The fourth-order valence-electron chi connectivity index (χ4n) is 3.35. The van der Waals surface area contributed by atoms with E-state index in [-0.39, 0.29) is 24.5 Å². The first-order valence-corrected chi connectivity index (χ1v) is 9.89. The fraction of sp³-hybridized carbons (Fsp3) is 0.348. The predicted octanol–water partition coefficient (Wildman–Crippen LogP) is 3.41. The molecule has 0 unspecified atom stereocenters. The Kier molecular flexibility index (Phi) is 6.71. The summed E-state index contributed by atoms with van der Waals surface area (Å²) < 4.78 is 0. The van der Waals surface area contributed by atoms with Crippen LogP contribution in [0.4, 0.5) is 5.69 Å². The van der Waals surface area contributed by atoms with Crippen molar-refractivity contribution in [2.75, 3.05) is 13.1 Å². The minimum atomic E-state index is -0.0706. The van der Waals surface area contributed by atoms with Gasteiger partial charge in [-0.15, -0.1) is 0 Å². The molecule has 0 saturated heterocycles. The molecule has 146 valence electrons. The fourth-order valence-corrected chi connectivity index (χ4v) is 3.35. The number of fused-ring (bicyclic) bond motifs is 1. The molecule has 0 radical (unpaired) electrons. The van der Waals surface area contributed by atoms with Gasteiger partial charge in [0.25, 0.3) is 0 Å². The standard InChI is InChI=1S/C23H27N3O2/c1-2-17-7-5-8-18(15-17)16-26(14-6-13-24)22(28)12-11-21(27)23-19-9-3-4-10-20(19)25-23/h3-5,7-10,15H,2,6,11-14,16,24H2,1H3. The van der Waals surface area contributed by atoms with Crippen molar-refractivity contribution in [3.63, 3.8) is 0 Å². The Balaban J connectivity index is 1.59. The number of Topliss-reactive ketones (excluding diaryl/α,β-unsaturated/α-hetero) is 1. The number of rotatable bonds is 10. The van der Waals surface area contributed by atoms with Crippen molar-refractivity contribution in [3.8, 4) is 0 Å². The van der Waals surface area contributed by atoms with E-state index < -0.39 is 0 Å². The Labute approximate surface area is 166 Å². The molecule has 28 heavy (non-hydrogen) atoms. The van der Waals surface area contributed by atoms with Gasteiger partial charge in [-0.25, -0.2) is 4.99 Å². The zero-order valence-corrected chi connectivity index (χ0v) is 16.4. The van der Waals surface area contributed by atoms with Gasteiger partial charge in [-0.2, -0.15) is 0 Å². The van der Waals surface area contributed by atoms with Gasteiger partial charge < -0.3 is 10.6 Å². The summed E-state index contributed by atoms with van der Waals surface area (Å²) >= 11 is 0. The Bertz CT molecular complexity index is 889. The van der Waals surface area contributed by atoms with E-state index in [2.05, 4.69) is 24.0 Å². The van der Waals surface area contributed by atoms with Crippen LogP contribution in [-0.2, 0) is 22.6 Å². The summed E-state index contributed by atoms with van der Waals surface area (Å²) in [5.74, 6) is -0.0873. The van der Waals surface area contributed by atoms with Crippen LogP contribution in [-0.4, -0.2) is 35.4 Å². The Morgan fingerprint density at radius 3 is 2.57 bits per heavy atom. The summed E-state index contributed by atoms with van der Waals surface area (Å²) in [4.78, 5) is 31.3. The number of nitrogens with zero attached hydrogens (tertiary/aromatic N) is 2. The predicted molar refractivity (Wildman–Crippen MR) is 112 cm³/mol. The first-order chi connectivity index (χ1) is 13.6.